The van der Waals surface area contributed by atoms with Crippen LogP contribution in [0.25, 0.3) is 10.9 Å². The number of imide groups is 1. The van der Waals surface area contributed by atoms with E-state index in [1.165, 1.54) is 0 Å². The molecule has 0 radical (unpaired) electrons. The van der Waals surface area contributed by atoms with Gasteiger partial charge in [-0.05, 0) is 36.8 Å². The van der Waals surface area contributed by atoms with E-state index in [-0.39, 0.29) is 6.54 Å². The summed E-state index contributed by atoms with van der Waals surface area (Å²) in [5.41, 5.74) is 2.61. The minimum atomic E-state index is -0.722. The summed E-state index contributed by atoms with van der Waals surface area (Å²) in [5, 5.41) is 6.51. The molecule has 9 nitrogen and oxygen atoms in total. The van der Waals surface area contributed by atoms with Crippen molar-refractivity contribution in [2.24, 2.45) is 0 Å². The lowest BCUT2D eigenvalue weighted by Gasteiger charge is -2.20. The van der Waals surface area contributed by atoms with Crippen LogP contribution in [0.1, 0.15) is 24.1 Å². The predicted octanol–water partition coefficient (Wildman–Crippen LogP) is 2.53. The van der Waals surface area contributed by atoms with Gasteiger partial charge in [0.25, 0.3) is 5.91 Å². The van der Waals surface area contributed by atoms with Crippen LogP contribution in [0.5, 0.6) is 11.5 Å². The largest absolute Gasteiger partial charge is 0.497 e. The van der Waals surface area contributed by atoms with Gasteiger partial charge in [0.05, 0.1) is 20.3 Å². The first kappa shape index (κ1) is 22.2. The summed E-state index contributed by atoms with van der Waals surface area (Å²) in [6, 6.07) is 11.3. The molecule has 4 rings (SSSR count). The van der Waals surface area contributed by atoms with Gasteiger partial charge >= 0.3 is 6.03 Å². The molecule has 2 unspecified atom stereocenters. The number of para-hydroxylation sites is 1. The van der Waals surface area contributed by atoms with Gasteiger partial charge in [-0.25, -0.2) is 4.79 Å². The quantitative estimate of drug-likeness (QED) is 0.457. The molecule has 0 aliphatic carbocycles. The fourth-order valence-electron chi connectivity index (χ4n) is 4.07. The molecular weight excluding hydrogens is 424 g/mol. The van der Waals surface area contributed by atoms with Gasteiger partial charge in [-0.3, -0.25) is 14.5 Å². The summed E-state index contributed by atoms with van der Waals surface area (Å²) in [4.78, 5) is 42.1. The number of amides is 4. The SMILES string of the molecule is COc1ccc(OC)c(C(C)NC(=O)CN2C(=O)NC(Cc3c[nH]c4ccccc34)C2=O)c1. The van der Waals surface area contributed by atoms with Gasteiger partial charge in [0.1, 0.15) is 24.1 Å². The number of rotatable bonds is 8. The van der Waals surface area contributed by atoms with E-state index in [9.17, 15) is 14.4 Å². The summed E-state index contributed by atoms with van der Waals surface area (Å²) in [7, 11) is 3.10. The number of benzene rings is 2. The minimum absolute atomic E-state index is 0.337. The van der Waals surface area contributed by atoms with Crippen LogP contribution in [0.4, 0.5) is 4.79 Å². The lowest BCUT2D eigenvalue weighted by Crippen LogP contribution is -2.42. The number of nitrogens with one attached hydrogen (secondary N) is 3. The van der Waals surface area contributed by atoms with Crippen molar-refractivity contribution in [1.82, 2.24) is 20.5 Å². The third-order valence-corrected chi connectivity index (χ3v) is 5.79. The van der Waals surface area contributed by atoms with Gasteiger partial charge in [-0.2, -0.15) is 0 Å². The third-order valence-electron chi connectivity index (χ3n) is 5.79. The monoisotopic (exact) mass is 450 g/mol. The number of methoxy groups -OCH3 is 2. The number of carbonyl (C=O) groups excluding carboxylic acids is 3. The maximum Gasteiger partial charge on any atom is 0.325 e. The van der Waals surface area contributed by atoms with Crippen molar-refractivity contribution < 1.29 is 23.9 Å². The molecule has 3 N–H and O–H groups in total. The highest BCUT2D eigenvalue weighted by Crippen LogP contribution is 2.29. The van der Waals surface area contributed by atoms with Gasteiger partial charge in [-0.1, -0.05) is 18.2 Å². The predicted molar refractivity (Wildman–Crippen MR) is 122 cm³/mol. The first-order valence-electron chi connectivity index (χ1n) is 10.6. The van der Waals surface area contributed by atoms with Gasteiger partial charge in [0.15, 0.2) is 0 Å². The van der Waals surface area contributed by atoms with Gasteiger partial charge in [0, 0.05) is 29.1 Å². The number of aromatic nitrogens is 1. The second-order valence-electron chi connectivity index (χ2n) is 7.89. The Kier molecular flexibility index (Phi) is 6.21. The number of hydrogen-bond donors (Lipinski definition) is 3. The van der Waals surface area contributed by atoms with Crippen molar-refractivity contribution in [3.63, 3.8) is 0 Å². The van der Waals surface area contributed by atoms with Crippen LogP contribution in [-0.4, -0.2) is 54.5 Å². The Morgan fingerprint density at radius 3 is 2.70 bits per heavy atom. The van der Waals surface area contributed by atoms with Crippen LogP contribution < -0.4 is 20.1 Å². The zero-order valence-corrected chi connectivity index (χ0v) is 18.7. The highest BCUT2D eigenvalue weighted by molar-refractivity contribution is 6.06. The molecule has 172 valence electrons. The van der Waals surface area contributed by atoms with Crippen LogP contribution in [-0.2, 0) is 16.0 Å². The highest BCUT2D eigenvalue weighted by atomic mass is 16.5. The molecular formula is C24H26N4O5. The molecule has 4 amide bonds. The molecule has 1 aliphatic heterocycles. The maximum atomic E-state index is 12.9. The molecule has 2 heterocycles. The van der Waals surface area contributed by atoms with Crippen molar-refractivity contribution in [3.05, 3.63) is 59.8 Å². The summed E-state index contributed by atoms with van der Waals surface area (Å²) in [6.07, 6.45) is 2.17. The summed E-state index contributed by atoms with van der Waals surface area (Å²) in [5.74, 6) is 0.342. The number of H-pyrrole nitrogens is 1. The van der Waals surface area contributed by atoms with Crippen molar-refractivity contribution in [2.45, 2.75) is 25.4 Å². The maximum absolute atomic E-state index is 12.9. The summed E-state index contributed by atoms with van der Waals surface area (Å²) in [6.45, 7) is 1.42. The molecule has 33 heavy (non-hydrogen) atoms. The molecule has 3 aromatic rings. The highest BCUT2D eigenvalue weighted by Gasteiger charge is 2.39. The van der Waals surface area contributed by atoms with Crippen molar-refractivity contribution in [2.75, 3.05) is 20.8 Å². The fourth-order valence-corrected chi connectivity index (χ4v) is 4.07. The Bertz CT molecular complexity index is 1200. The lowest BCUT2D eigenvalue weighted by molar-refractivity contribution is -0.132. The van der Waals surface area contributed by atoms with E-state index in [1.54, 1.807) is 39.3 Å². The number of aromatic amines is 1. The van der Waals surface area contributed by atoms with E-state index in [4.69, 9.17) is 9.47 Å². The Morgan fingerprint density at radius 1 is 1.15 bits per heavy atom. The number of carbonyl (C=O) groups is 3. The Labute approximate surface area is 191 Å². The van der Waals surface area contributed by atoms with Crippen molar-refractivity contribution in [1.29, 1.82) is 0 Å². The van der Waals surface area contributed by atoms with E-state index in [2.05, 4.69) is 15.6 Å². The summed E-state index contributed by atoms with van der Waals surface area (Å²) >= 11 is 0. The van der Waals surface area contributed by atoms with Crippen LogP contribution >= 0.6 is 0 Å². The van der Waals surface area contributed by atoms with Crippen LogP contribution in [0.3, 0.4) is 0 Å². The molecule has 1 aromatic heterocycles. The van der Waals surface area contributed by atoms with Gasteiger partial charge < -0.3 is 25.1 Å². The summed E-state index contributed by atoms with van der Waals surface area (Å²) < 4.78 is 10.6. The Balaban J connectivity index is 1.41. The first-order chi connectivity index (χ1) is 15.9. The number of hydrogen-bond acceptors (Lipinski definition) is 5. The normalized spacial score (nSPS) is 16.6. The number of nitrogens with zero attached hydrogens (tertiary/aromatic N) is 1. The Hall–Kier alpha value is -4.01. The van der Waals surface area contributed by atoms with E-state index in [1.807, 2.05) is 30.5 Å². The fraction of sp³-hybridized carbons (Fsp3) is 0.292. The molecule has 1 aliphatic rings. The average Bonchev–Trinajstić information content (AvgIpc) is 3.34. The molecule has 0 spiro atoms. The minimum Gasteiger partial charge on any atom is -0.497 e. The smallest absolute Gasteiger partial charge is 0.325 e. The number of urea groups is 1. The lowest BCUT2D eigenvalue weighted by atomic mass is 10.1. The number of ether oxygens (including phenoxy) is 2. The number of fused-ring (bicyclic) bond motifs is 1. The zero-order valence-electron chi connectivity index (χ0n) is 18.7. The Morgan fingerprint density at radius 2 is 1.94 bits per heavy atom. The molecule has 2 atom stereocenters. The molecule has 0 bridgehead atoms. The van der Waals surface area contributed by atoms with Crippen molar-refractivity contribution >= 4 is 28.7 Å². The second kappa shape index (κ2) is 9.23. The molecule has 9 heteroatoms. The first-order valence-corrected chi connectivity index (χ1v) is 10.6. The molecule has 0 saturated carbocycles. The zero-order chi connectivity index (χ0) is 23.5. The van der Waals surface area contributed by atoms with Gasteiger partial charge in [-0.15, -0.1) is 0 Å². The van der Waals surface area contributed by atoms with E-state index in [0.29, 0.717) is 17.9 Å². The van der Waals surface area contributed by atoms with Crippen LogP contribution in [0.2, 0.25) is 0 Å². The topological polar surface area (TPSA) is 113 Å². The van der Waals surface area contributed by atoms with E-state index < -0.39 is 29.9 Å². The molecule has 1 saturated heterocycles. The standard InChI is InChI=1S/C24H26N4O5/c1-14(18-11-16(32-2)8-9-21(18)33-3)26-22(29)13-28-23(30)20(27-24(28)31)10-15-12-25-19-7-5-4-6-17(15)19/h4-9,11-12,14,20,25H,10,13H2,1-3H3,(H,26,29)(H,27,31). The second-order valence-corrected chi connectivity index (χ2v) is 7.89. The molecule has 1 fully saturated rings. The average molecular weight is 450 g/mol. The van der Waals surface area contributed by atoms with Crippen molar-refractivity contribution in [3.8, 4) is 11.5 Å². The van der Waals surface area contributed by atoms with Crippen LogP contribution in [0, 0.1) is 0 Å². The van der Waals surface area contributed by atoms with Gasteiger partial charge in [0.2, 0.25) is 5.91 Å². The molecule has 2 aromatic carbocycles. The third kappa shape index (κ3) is 4.48. The van der Waals surface area contributed by atoms with Crippen LogP contribution in [0.15, 0.2) is 48.7 Å². The van der Waals surface area contributed by atoms with E-state index >= 15 is 0 Å². The van der Waals surface area contributed by atoms with E-state index in [0.717, 1.165) is 26.9 Å².